The second-order valence-electron chi connectivity index (χ2n) is 3.52. The summed E-state index contributed by atoms with van der Waals surface area (Å²) in [6, 6.07) is 4.67. The van der Waals surface area contributed by atoms with Crippen LogP contribution in [0.3, 0.4) is 0 Å². The van der Waals surface area contributed by atoms with Crippen molar-refractivity contribution in [3.05, 3.63) is 23.8 Å². The molecule has 0 bridgehead atoms. The fourth-order valence-corrected chi connectivity index (χ4v) is 1.08. The average molecular weight is 225 g/mol. The third-order valence-electron chi connectivity index (χ3n) is 2.00. The molecule has 3 N–H and O–H groups in total. The van der Waals surface area contributed by atoms with Gasteiger partial charge in [0.1, 0.15) is 11.5 Å². The Morgan fingerprint density at radius 3 is 2.88 bits per heavy atom. The predicted octanol–water partition coefficient (Wildman–Crippen LogP) is 1.17. The second kappa shape index (κ2) is 5.37. The number of ether oxygens (including phenoxy) is 1. The van der Waals surface area contributed by atoms with E-state index in [4.69, 9.17) is 9.84 Å². The summed E-state index contributed by atoms with van der Waals surface area (Å²) in [5.41, 5.74) is 0.495. The van der Waals surface area contributed by atoms with Crippen LogP contribution >= 0.6 is 0 Å². The highest BCUT2D eigenvalue weighted by Crippen LogP contribution is 2.25. The van der Waals surface area contributed by atoms with Crippen LogP contribution < -0.4 is 10.1 Å². The van der Waals surface area contributed by atoms with Gasteiger partial charge in [0.25, 0.3) is 0 Å². The second-order valence-corrected chi connectivity index (χ2v) is 3.52. The number of amides is 1. The number of carbonyl (C=O) groups excluding carboxylic acids is 1. The molecule has 88 valence electrons. The van der Waals surface area contributed by atoms with Crippen molar-refractivity contribution in [1.29, 1.82) is 0 Å². The predicted molar refractivity (Wildman–Crippen MR) is 58.6 cm³/mol. The number of aromatic hydroxyl groups is 1. The first kappa shape index (κ1) is 12.3. The topological polar surface area (TPSA) is 78.8 Å². The van der Waals surface area contributed by atoms with Gasteiger partial charge in [-0.15, -0.1) is 0 Å². The maximum absolute atomic E-state index is 11.3. The lowest BCUT2D eigenvalue weighted by Crippen LogP contribution is -2.32. The molecule has 0 aliphatic carbocycles. The summed E-state index contributed by atoms with van der Waals surface area (Å²) in [7, 11) is 0. The molecule has 0 spiro atoms. The van der Waals surface area contributed by atoms with Gasteiger partial charge in [0.05, 0.1) is 6.10 Å². The number of hydrogen-bond donors (Lipinski definition) is 3. The maximum atomic E-state index is 11.3. The Bertz CT molecular complexity index is 376. The molecule has 1 aromatic rings. The van der Waals surface area contributed by atoms with E-state index in [2.05, 4.69) is 5.32 Å². The molecule has 5 heteroatoms. The Morgan fingerprint density at radius 2 is 2.25 bits per heavy atom. The first-order chi connectivity index (χ1) is 7.50. The quantitative estimate of drug-likeness (QED) is 0.721. The minimum Gasteiger partial charge on any atom is -0.508 e. The van der Waals surface area contributed by atoms with Gasteiger partial charge < -0.3 is 20.3 Å². The number of hydrogen-bond acceptors (Lipinski definition) is 4. The minimum absolute atomic E-state index is 0.0702. The van der Waals surface area contributed by atoms with Crippen molar-refractivity contribution in [3.8, 4) is 11.5 Å². The van der Waals surface area contributed by atoms with E-state index in [1.165, 1.54) is 6.07 Å². The summed E-state index contributed by atoms with van der Waals surface area (Å²) < 4.78 is 4.96. The summed E-state index contributed by atoms with van der Waals surface area (Å²) in [6.45, 7) is 3.32. The first-order valence-corrected chi connectivity index (χ1v) is 4.93. The SMILES string of the molecule is Cc1c(O)cccc1OC(=O)NCC(C)O. The molecular weight excluding hydrogens is 210 g/mol. The van der Waals surface area contributed by atoms with Crippen LogP contribution in [0, 0.1) is 6.92 Å². The Morgan fingerprint density at radius 1 is 1.56 bits per heavy atom. The van der Waals surface area contributed by atoms with Crippen molar-refractivity contribution in [2.45, 2.75) is 20.0 Å². The summed E-state index contributed by atoms with van der Waals surface area (Å²) in [6.07, 6.45) is -1.28. The van der Waals surface area contributed by atoms with E-state index in [1.807, 2.05) is 0 Å². The largest absolute Gasteiger partial charge is 0.508 e. The molecule has 5 nitrogen and oxygen atoms in total. The Balaban J connectivity index is 2.59. The molecule has 1 rings (SSSR count). The highest BCUT2D eigenvalue weighted by molar-refractivity contribution is 5.71. The summed E-state index contributed by atoms with van der Waals surface area (Å²) in [5, 5.41) is 20.7. The zero-order valence-corrected chi connectivity index (χ0v) is 9.23. The molecule has 0 heterocycles. The number of aliphatic hydroxyl groups is 1. The Hall–Kier alpha value is -1.75. The smallest absolute Gasteiger partial charge is 0.412 e. The molecule has 1 unspecified atom stereocenters. The van der Waals surface area contributed by atoms with Crippen LogP contribution in [-0.2, 0) is 0 Å². The van der Waals surface area contributed by atoms with Gasteiger partial charge in [0.2, 0.25) is 0 Å². The van der Waals surface area contributed by atoms with Crippen LogP contribution in [0.2, 0.25) is 0 Å². The number of aliphatic hydroxyl groups excluding tert-OH is 1. The number of phenols is 1. The van der Waals surface area contributed by atoms with Gasteiger partial charge in [-0.3, -0.25) is 0 Å². The molecule has 1 amide bonds. The highest BCUT2D eigenvalue weighted by Gasteiger charge is 2.09. The third kappa shape index (κ3) is 3.43. The molecule has 0 radical (unpaired) electrons. The number of benzene rings is 1. The van der Waals surface area contributed by atoms with Gasteiger partial charge in [0.15, 0.2) is 0 Å². The number of rotatable bonds is 3. The standard InChI is InChI=1S/C11H15NO4/c1-7(13)6-12-11(15)16-10-5-3-4-9(14)8(10)2/h3-5,7,13-14H,6H2,1-2H3,(H,12,15). The molecule has 0 aliphatic rings. The van der Waals surface area contributed by atoms with E-state index in [1.54, 1.807) is 26.0 Å². The molecule has 1 atom stereocenters. The average Bonchev–Trinajstić information content (AvgIpc) is 2.22. The van der Waals surface area contributed by atoms with Crippen LogP contribution in [0.25, 0.3) is 0 Å². The van der Waals surface area contributed by atoms with E-state index < -0.39 is 12.2 Å². The van der Waals surface area contributed by atoms with Crippen LogP contribution in [0.4, 0.5) is 4.79 Å². The molecule has 0 aliphatic heterocycles. The van der Waals surface area contributed by atoms with E-state index in [9.17, 15) is 9.90 Å². The van der Waals surface area contributed by atoms with Gasteiger partial charge >= 0.3 is 6.09 Å². The third-order valence-corrected chi connectivity index (χ3v) is 2.00. The Labute approximate surface area is 93.7 Å². The molecule has 0 saturated heterocycles. The molecular formula is C11H15NO4. The van der Waals surface area contributed by atoms with Gasteiger partial charge in [-0.1, -0.05) is 6.07 Å². The monoisotopic (exact) mass is 225 g/mol. The highest BCUT2D eigenvalue weighted by atomic mass is 16.6. The van der Waals surface area contributed by atoms with Crippen LogP contribution in [0.15, 0.2) is 18.2 Å². The van der Waals surface area contributed by atoms with E-state index in [0.29, 0.717) is 11.3 Å². The van der Waals surface area contributed by atoms with Crippen molar-refractivity contribution in [2.75, 3.05) is 6.54 Å². The summed E-state index contributed by atoms with van der Waals surface area (Å²) in [5.74, 6) is 0.365. The molecule has 0 saturated carbocycles. The Kier molecular flexibility index (Phi) is 4.13. The van der Waals surface area contributed by atoms with Crippen molar-refractivity contribution >= 4 is 6.09 Å². The number of nitrogens with one attached hydrogen (secondary N) is 1. The fourth-order valence-electron chi connectivity index (χ4n) is 1.08. The van der Waals surface area contributed by atoms with E-state index in [0.717, 1.165) is 0 Å². The first-order valence-electron chi connectivity index (χ1n) is 4.93. The van der Waals surface area contributed by atoms with E-state index in [-0.39, 0.29) is 12.3 Å². The fraction of sp³-hybridized carbons (Fsp3) is 0.364. The minimum atomic E-state index is -0.658. The van der Waals surface area contributed by atoms with E-state index >= 15 is 0 Å². The van der Waals surface area contributed by atoms with Crippen molar-refractivity contribution in [3.63, 3.8) is 0 Å². The lowest BCUT2D eigenvalue weighted by Gasteiger charge is -2.10. The van der Waals surface area contributed by atoms with Gasteiger partial charge in [0, 0.05) is 12.1 Å². The summed E-state index contributed by atoms with van der Waals surface area (Å²) in [4.78, 5) is 11.3. The van der Waals surface area contributed by atoms with Gasteiger partial charge in [-0.25, -0.2) is 4.79 Å². The van der Waals surface area contributed by atoms with Crippen LogP contribution in [-0.4, -0.2) is 29.0 Å². The van der Waals surface area contributed by atoms with Gasteiger partial charge in [-0.2, -0.15) is 0 Å². The number of phenolic OH excluding ortho intramolecular Hbond substituents is 1. The summed E-state index contributed by atoms with van der Waals surface area (Å²) >= 11 is 0. The van der Waals surface area contributed by atoms with Crippen molar-refractivity contribution in [2.24, 2.45) is 0 Å². The maximum Gasteiger partial charge on any atom is 0.412 e. The zero-order valence-electron chi connectivity index (χ0n) is 9.23. The normalized spacial score (nSPS) is 11.9. The molecule has 16 heavy (non-hydrogen) atoms. The van der Waals surface area contributed by atoms with Crippen LogP contribution in [0.5, 0.6) is 11.5 Å². The molecule has 1 aromatic carbocycles. The lowest BCUT2D eigenvalue weighted by molar-refractivity contribution is 0.171. The van der Waals surface area contributed by atoms with Crippen molar-refractivity contribution in [1.82, 2.24) is 5.32 Å². The van der Waals surface area contributed by atoms with Crippen molar-refractivity contribution < 1.29 is 19.7 Å². The molecule has 0 aromatic heterocycles. The number of carbonyl (C=O) groups is 1. The zero-order chi connectivity index (χ0) is 12.1. The van der Waals surface area contributed by atoms with Gasteiger partial charge in [-0.05, 0) is 26.0 Å². The lowest BCUT2D eigenvalue weighted by atomic mass is 10.2. The van der Waals surface area contributed by atoms with Crippen LogP contribution in [0.1, 0.15) is 12.5 Å². The molecule has 0 fully saturated rings.